The first-order valence-corrected chi connectivity index (χ1v) is 16.3. The summed E-state index contributed by atoms with van der Waals surface area (Å²) in [6.07, 6.45) is 8.24. The molecular formula is C38H40FN9O. The molecule has 49 heavy (non-hydrogen) atoms. The number of carbonyl (C=O) groups is 1. The number of carbonyl (C=O) groups excluding carboxylic acids is 1. The van der Waals surface area contributed by atoms with Crippen LogP contribution in [0, 0.1) is 35.9 Å². The summed E-state index contributed by atoms with van der Waals surface area (Å²) in [6.45, 7) is 10.2. The lowest BCUT2D eigenvalue weighted by atomic mass is 9.82. The number of likely N-dealkylation sites (N-methyl/N-ethyl adjacent to an activating group) is 1. The summed E-state index contributed by atoms with van der Waals surface area (Å²) in [5.41, 5.74) is 5.57. The van der Waals surface area contributed by atoms with Crippen LogP contribution in [0.5, 0.6) is 0 Å². The topological polar surface area (TPSA) is 107 Å². The SMILES string of the molecule is Cc1cc(F)c(C(=O)Nc2ccc(CN3CCCN(C)CC3)c(C(C)(C)C#N)c2)cc1C#Cc1cnc2c(Nc3cnn(C)c3)cccn12. The van der Waals surface area contributed by atoms with Gasteiger partial charge in [-0.3, -0.25) is 18.8 Å². The molecule has 2 N–H and O–H groups in total. The average Bonchev–Trinajstić information content (AvgIpc) is 3.63. The second-order valence-corrected chi connectivity index (χ2v) is 13.2. The molecule has 11 heteroatoms. The van der Waals surface area contributed by atoms with Crippen molar-refractivity contribution >= 4 is 28.6 Å². The third kappa shape index (κ3) is 7.49. The van der Waals surface area contributed by atoms with Gasteiger partial charge in [0.2, 0.25) is 0 Å². The summed E-state index contributed by atoms with van der Waals surface area (Å²) < 4.78 is 18.8. The minimum Gasteiger partial charge on any atom is -0.350 e. The van der Waals surface area contributed by atoms with E-state index in [0.29, 0.717) is 34.7 Å². The van der Waals surface area contributed by atoms with Crippen molar-refractivity contribution in [3.05, 3.63) is 107 Å². The molecule has 0 radical (unpaired) electrons. The average molecular weight is 658 g/mol. The molecule has 1 aliphatic heterocycles. The van der Waals surface area contributed by atoms with Crippen LogP contribution in [-0.2, 0) is 19.0 Å². The van der Waals surface area contributed by atoms with E-state index in [1.165, 1.54) is 12.1 Å². The minimum atomic E-state index is -0.788. The van der Waals surface area contributed by atoms with Crippen molar-refractivity contribution in [1.82, 2.24) is 29.0 Å². The van der Waals surface area contributed by atoms with Crippen LogP contribution in [0.15, 0.2) is 67.3 Å². The predicted molar refractivity (Wildman–Crippen MR) is 189 cm³/mol. The van der Waals surface area contributed by atoms with Gasteiger partial charge in [-0.2, -0.15) is 10.4 Å². The molecule has 3 aromatic heterocycles. The Labute approximate surface area is 286 Å². The Morgan fingerprint density at radius 3 is 2.65 bits per heavy atom. The molecule has 0 spiro atoms. The molecule has 250 valence electrons. The van der Waals surface area contributed by atoms with E-state index in [9.17, 15) is 10.1 Å². The molecule has 0 bridgehead atoms. The van der Waals surface area contributed by atoms with Crippen molar-refractivity contribution in [1.29, 1.82) is 5.26 Å². The first kappa shape index (κ1) is 33.4. The summed E-state index contributed by atoms with van der Waals surface area (Å²) in [4.78, 5) is 22.8. The van der Waals surface area contributed by atoms with Crippen LogP contribution in [0.1, 0.15) is 58.6 Å². The number of anilines is 3. The number of nitriles is 1. The number of hydrogen-bond acceptors (Lipinski definition) is 7. The number of pyridine rings is 1. The van der Waals surface area contributed by atoms with Crippen molar-refractivity contribution in [2.75, 3.05) is 43.9 Å². The molecule has 0 atom stereocenters. The van der Waals surface area contributed by atoms with Crippen molar-refractivity contribution in [3.8, 4) is 17.9 Å². The van der Waals surface area contributed by atoms with E-state index in [4.69, 9.17) is 0 Å². The van der Waals surface area contributed by atoms with Crippen molar-refractivity contribution in [2.24, 2.45) is 7.05 Å². The molecule has 4 heterocycles. The van der Waals surface area contributed by atoms with Gasteiger partial charge in [0.15, 0.2) is 5.65 Å². The lowest BCUT2D eigenvalue weighted by Gasteiger charge is -2.26. The van der Waals surface area contributed by atoms with Crippen molar-refractivity contribution in [2.45, 2.75) is 39.2 Å². The van der Waals surface area contributed by atoms with Crippen molar-refractivity contribution < 1.29 is 9.18 Å². The van der Waals surface area contributed by atoms with Gasteiger partial charge in [0, 0.05) is 50.3 Å². The van der Waals surface area contributed by atoms with Gasteiger partial charge in [-0.1, -0.05) is 12.0 Å². The van der Waals surface area contributed by atoms with Gasteiger partial charge in [0.1, 0.15) is 11.5 Å². The molecule has 1 aliphatic rings. The second kappa shape index (κ2) is 13.9. The first-order chi connectivity index (χ1) is 23.5. The van der Waals surface area contributed by atoms with E-state index >= 15 is 4.39 Å². The highest BCUT2D eigenvalue weighted by Gasteiger charge is 2.26. The zero-order valence-corrected chi connectivity index (χ0v) is 28.5. The smallest absolute Gasteiger partial charge is 0.258 e. The van der Waals surface area contributed by atoms with Gasteiger partial charge in [-0.15, -0.1) is 0 Å². The van der Waals surface area contributed by atoms with Gasteiger partial charge in [-0.25, -0.2) is 9.37 Å². The van der Waals surface area contributed by atoms with Gasteiger partial charge >= 0.3 is 0 Å². The van der Waals surface area contributed by atoms with Crippen LogP contribution in [0.2, 0.25) is 0 Å². The molecule has 0 unspecified atom stereocenters. The van der Waals surface area contributed by atoms with Crippen LogP contribution in [-0.4, -0.2) is 68.1 Å². The number of rotatable bonds is 7. The largest absolute Gasteiger partial charge is 0.350 e. The maximum absolute atomic E-state index is 15.3. The number of benzene rings is 2. The lowest BCUT2D eigenvalue weighted by Crippen LogP contribution is -2.30. The fourth-order valence-corrected chi connectivity index (χ4v) is 6.09. The maximum Gasteiger partial charge on any atom is 0.258 e. The Balaban J connectivity index is 1.24. The van der Waals surface area contributed by atoms with E-state index in [1.54, 1.807) is 24.0 Å². The molecular weight excluding hydrogens is 617 g/mol. The van der Waals surface area contributed by atoms with Crippen LogP contribution in [0.4, 0.5) is 21.5 Å². The third-order valence-electron chi connectivity index (χ3n) is 8.93. The number of hydrogen-bond donors (Lipinski definition) is 2. The van der Waals surface area contributed by atoms with Crippen LogP contribution < -0.4 is 10.6 Å². The molecule has 1 saturated heterocycles. The Hall–Kier alpha value is -5.49. The summed E-state index contributed by atoms with van der Waals surface area (Å²) in [5.74, 6) is 5.04. The number of fused-ring (bicyclic) bond motifs is 1. The fourth-order valence-electron chi connectivity index (χ4n) is 6.09. The zero-order chi connectivity index (χ0) is 34.7. The molecule has 5 aromatic rings. The molecule has 10 nitrogen and oxygen atoms in total. The highest BCUT2D eigenvalue weighted by Crippen LogP contribution is 2.30. The molecule has 1 amide bonds. The number of aromatic nitrogens is 4. The Morgan fingerprint density at radius 1 is 1.04 bits per heavy atom. The molecule has 1 fully saturated rings. The standard InChI is InChI=1S/C38H40FN9O/c1-26-18-34(39)32(19-27(26)10-12-31-22-41-36-35(8-6-15-48(31)36)43-30-21-42-46(5)24-30)37(49)44-29-11-9-28(33(20-29)38(2,3)25-40)23-47-14-7-13-45(4)16-17-47/h6,8-9,11,15,18-22,24,43H,7,13-14,16-17,23H2,1-5H3,(H,44,49). The van der Waals surface area contributed by atoms with Gasteiger partial charge < -0.3 is 15.5 Å². The summed E-state index contributed by atoms with van der Waals surface area (Å²) in [7, 11) is 3.99. The number of nitrogens with one attached hydrogen (secondary N) is 2. The highest BCUT2D eigenvalue weighted by molar-refractivity contribution is 6.04. The molecule has 0 saturated carbocycles. The summed E-state index contributed by atoms with van der Waals surface area (Å²) in [5, 5.41) is 20.4. The second-order valence-electron chi connectivity index (χ2n) is 13.2. The van der Waals surface area contributed by atoms with E-state index < -0.39 is 17.1 Å². The van der Waals surface area contributed by atoms with Gasteiger partial charge in [-0.05, 0) is 106 Å². The number of amides is 1. The summed E-state index contributed by atoms with van der Waals surface area (Å²) in [6, 6.07) is 14.7. The van der Waals surface area contributed by atoms with E-state index in [0.717, 1.165) is 55.1 Å². The van der Waals surface area contributed by atoms with Crippen LogP contribution >= 0.6 is 0 Å². The Bertz CT molecular complexity index is 2130. The van der Waals surface area contributed by atoms with Gasteiger partial charge in [0.05, 0.1) is 40.8 Å². The Morgan fingerprint density at radius 2 is 1.88 bits per heavy atom. The maximum atomic E-state index is 15.3. The Kier molecular flexibility index (Phi) is 9.50. The summed E-state index contributed by atoms with van der Waals surface area (Å²) >= 11 is 0. The normalized spacial score (nSPS) is 14.1. The molecule has 2 aromatic carbocycles. The fraction of sp³-hybridized carbons (Fsp3) is 0.316. The number of nitrogens with zero attached hydrogens (tertiary/aromatic N) is 7. The van der Waals surface area contributed by atoms with E-state index in [1.807, 2.05) is 68.0 Å². The third-order valence-corrected chi connectivity index (χ3v) is 8.93. The van der Waals surface area contributed by atoms with E-state index in [-0.39, 0.29) is 5.56 Å². The minimum absolute atomic E-state index is 0.116. The zero-order valence-electron chi connectivity index (χ0n) is 28.5. The van der Waals surface area contributed by atoms with Crippen molar-refractivity contribution in [3.63, 3.8) is 0 Å². The monoisotopic (exact) mass is 657 g/mol. The predicted octanol–water partition coefficient (Wildman–Crippen LogP) is 5.85. The van der Waals surface area contributed by atoms with Gasteiger partial charge in [0.25, 0.3) is 5.91 Å². The molecule has 6 rings (SSSR count). The first-order valence-electron chi connectivity index (χ1n) is 16.3. The quantitative estimate of drug-likeness (QED) is 0.212. The molecule has 0 aliphatic carbocycles. The number of halogens is 1. The number of aryl methyl sites for hydroxylation is 2. The number of imidazole rings is 1. The van der Waals surface area contributed by atoms with Crippen LogP contribution in [0.25, 0.3) is 5.65 Å². The lowest BCUT2D eigenvalue weighted by molar-refractivity contribution is 0.102. The van der Waals surface area contributed by atoms with E-state index in [2.05, 4.69) is 55.5 Å². The highest BCUT2D eigenvalue weighted by atomic mass is 19.1. The van der Waals surface area contributed by atoms with Crippen LogP contribution in [0.3, 0.4) is 0 Å².